The zero-order chi connectivity index (χ0) is 15.0. The minimum Gasteiger partial charge on any atom is -0.501 e. The van der Waals surface area contributed by atoms with Gasteiger partial charge in [-0.25, -0.2) is 0 Å². The Morgan fingerprint density at radius 1 is 1.30 bits per heavy atom. The van der Waals surface area contributed by atoms with Crippen LogP contribution in [0.1, 0.15) is 60.3 Å². The second-order valence-electron chi connectivity index (χ2n) is 5.94. The van der Waals surface area contributed by atoms with Crippen molar-refractivity contribution in [3.05, 3.63) is 11.8 Å². The highest BCUT2D eigenvalue weighted by molar-refractivity contribution is 5.18. The van der Waals surface area contributed by atoms with E-state index in [4.69, 9.17) is 4.74 Å². The van der Waals surface area contributed by atoms with Crippen molar-refractivity contribution in [2.24, 2.45) is 0 Å². The van der Waals surface area contributed by atoms with E-state index in [0.29, 0.717) is 6.04 Å². The summed E-state index contributed by atoms with van der Waals surface area (Å²) in [6, 6.07) is 0.396. The molecule has 2 atom stereocenters. The van der Waals surface area contributed by atoms with E-state index in [9.17, 15) is 0 Å². The van der Waals surface area contributed by atoms with E-state index in [1.54, 1.807) is 0 Å². The molecule has 0 saturated heterocycles. The summed E-state index contributed by atoms with van der Waals surface area (Å²) in [5.74, 6) is 0. The molecule has 1 aliphatic heterocycles. The third kappa shape index (κ3) is 3.98. The maximum atomic E-state index is 5.61. The van der Waals surface area contributed by atoms with Crippen LogP contribution < -0.4 is 5.32 Å². The highest BCUT2D eigenvalue weighted by Crippen LogP contribution is 2.31. The summed E-state index contributed by atoms with van der Waals surface area (Å²) in [6.07, 6.45) is 6.65. The van der Waals surface area contributed by atoms with Crippen LogP contribution in [0.3, 0.4) is 0 Å². The predicted molar refractivity (Wildman–Crippen MR) is 87.0 cm³/mol. The first-order valence-corrected chi connectivity index (χ1v) is 8.42. The fourth-order valence-electron chi connectivity index (χ4n) is 3.39. The Bertz CT molecular complexity index is 299. The highest BCUT2D eigenvalue weighted by Gasteiger charge is 2.39. The van der Waals surface area contributed by atoms with Crippen LogP contribution in [0, 0.1) is 0 Å². The van der Waals surface area contributed by atoms with Gasteiger partial charge >= 0.3 is 0 Å². The largest absolute Gasteiger partial charge is 0.501 e. The van der Waals surface area contributed by atoms with Gasteiger partial charge in [-0.2, -0.15) is 0 Å². The van der Waals surface area contributed by atoms with Crippen LogP contribution in [0.4, 0.5) is 0 Å². The van der Waals surface area contributed by atoms with Crippen molar-refractivity contribution >= 4 is 0 Å². The second-order valence-corrected chi connectivity index (χ2v) is 5.94. The molecule has 1 heterocycles. The summed E-state index contributed by atoms with van der Waals surface area (Å²) in [4.78, 5) is 2.59. The summed E-state index contributed by atoms with van der Waals surface area (Å²) < 4.78 is 5.61. The topological polar surface area (TPSA) is 24.5 Å². The zero-order valence-corrected chi connectivity index (χ0v) is 14.2. The van der Waals surface area contributed by atoms with Crippen molar-refractivity contribution in [1.29, 1.82) is 0 Å². The summed E-state index contributed by atoms with van der Waals surface area (Å²) in [5.41, 5.74) is 1.60. The van der Waals surface area contributed by atoms with E-state index in [1.165, 1.54) is 12.0 Å². The Kier molecular flexibility index (Phi) is 7.60. The van der Waals surface area contributed by atoms with Gasteiger partial charge in [-0.3, -0.25) is 4.90 Å². The van der Waals surface area contributed by atoms with Gasteiger partial charge in [0.05, 0.1) is 12.9 Å². The number of likely N-dealkylation sites (N-methyl/N-ethyl adjacent to an activating group) is 1. The van der Waals surface area contributed by atoms with E-state index >= 15 is 0 Å². The summed E-state index contributed by atoms with van der Waals surface area (Å²) >= 11 is 0. The van der Waals surface area contributed by atoms with Crippen molar-refractivity contribution in [2.45, 2.75) is 71.9 Å². The van der Waals surface area contributed by atoms with Crippen molar-refractivity contribution in [3.63, 3.8) is 0 Å². The van der Waals surface area contributed by atoms with Gasteiger partial charge in [0.15, 0.2) is 0 Å². The molecule has 0 fully saturated rings. The van der Waals surface area contributed by atoms with Gasteiger partial charge in [0.2, 0.25) is 0 Å². The average Bonchev–Trinajstić information content (AvgIpc) is 2.49. The number of hydrogen-bond donors (Lipinski definition) is 1. The van der Waals surface area contributed by atoms with Crippen molar-refractivity contribution in [2.75, 3.05) is 26.2 Å². The van der Waals surface area contributed by atoms with Crippen LogP contribution in [0.2, 0.25) is 0 Å². The molecule has 1 N–H and O–H groups in total. The molecule has 3 nitrogen and oxygen atoms in total. The lowest BCUT2D eigenvalue weighted by atomic mass is 9.81. The van der Waals surface area contributed by atoms with Gasteiger partial charge in [0.1, 0.15) is 0 Å². The van der Waals surface area contributed by atoms with Crippen molar-refractivity contribution in [1.82, 2.24) is 10.2 Å². The molecule has 0 aliphatic carbocycles. The minimum atomic E-state index is 0.158. The van der Waals surface area contributed by atoms with Gasteiger partial charge in [-0.15, -0.1) is 0 Å². The molecular formula is C17H34N2O. The monoisotopic (exact) mass is 282 g/mol. The van der Waals surface area contributed by atoms with Crippen LogP contribution in [0.5, 0.6) is 0 Å². The lowest BCUT2D eigenvalue weighted by Crippen LogP contribution is -2.60. The van der Waals surface area contributed by atoms with Crippen LogP contribution in [0.15, 0.2) is 11.8 Å². The van der Waals surface area contributed by atoms with Crippen molar-refractivity contribution in [3.8, 4) is 0 Å². The molecule has 0 aromatic rings. The Hall–Kier alpha value is -0.540. The molecule has 0 aromatic carbocycles. The van der Waals surface area contributed by atoms with E-state index in [1.807, 2.05) is 6.26 Å². The van der Waals surface area contributed by atoms with Crippen LogP contribution >= 0.6 is 0 Å². The van der Waals surface area contributed by atoms with E-state index in [2.05, 4.69) is 44.8 Å². The molecule has 0 bridgehead atoms. The molecule has 0 amide bonds. The van der Waals surface area contributed by atoms with Crippen molar-refractivity contribution < 1.29 is 4.74 Å². The van der Waals surface area contributed by atoms with Crippen LogP contribution in [-0.2, 0) is 4.74 Å². The lowest BCUT2D eigenvalue weighted by molar-refractivity contribution is 0.0769. The number of ether oxygens (including phenoxy) is 1. The van der Waals surface area contributed by atoms with Crippen LogP contribution in [-0.4, -0.2) is 42.7 Å². The van der Waals surface area contributed by atoms with Crippen LogP contribution in [0.25, 0.3) is 0 Å². The number of nitrogens with zero attached hydrogens (tertiary/aromatic N) is 1. The molecule has 1 rings (SSSR count). The first kappa shape index (κ1) is 17.5. The van der Waals surface area contributed by atoms with E-state index in [-0.39, 0.29) is 5.54 Å². The minimum absolute atomic E-state index is 0.158. The zero-order valence-electron chi connectivity index (χ0n) is 14.2. The van der Waals surface area contributed by atoms with E-state index < -0.39 is 0 Å². The number of hydrogen-bond acceptors (Lipinski definition) is 3. The predicted octanol–water partition coefficient (Wildman–Crippen LogP) is 3.56. The molecule has 0 radical (unpaired) electrons. The number of nitrogens with one attached hydrogen (secondary N) is 1. The highest BCUT2D eigenvalue weighted by atomic mass is 16.5. The second kappa shape index (κ2) is 8.68. The lowest BCUT2D eigenvalue weighted by Gasteiger charge is -2.47. The Balaban J connectivity index is 3.01. The Labute approximate surface area is 125 Å². The third-order valence-electron chi connectivity index (χ3n) is 4.76. The Morgan fingerprint density at radius 2 is 2.00 bits per heavy atom. The molecular weight excluding hydrogens is 248 g/mol. The fourth-order valence-corrected chi connectivity index (χ4v) is 3.39. The standard InChI is InChI=1S/C17H34N2O/c1-6-12-18-16(15-11-10-13-20-14-15)17(5,7-2)19(8-3)9-4/h14,16,18H,6-13H2,1-5H3. The molecule has 0 aromatic heterocycles. The molecule has 3 heteroatoms. The molecule has 0 spiro atoms. The molecule has 118 valence electrons. The fraction of sp³-hybridized carbons (Fsp3) is 0.882. The number of rotatable bonds is 9. The summed E-state index contributed by atoms with van der Waals surface area (Å²) in [6.45, 7) is 15.6. The first-order chi connectivity index (χ1) is 9.63. The molecule has 1 aliphatic rings. The van der Waals surface area contributed by atoms with Gasteiger partial charge in [0, 0.05) is 11.6 Å². The van der Waals surface area contributed by atoms with E-state index in [0.717, 1.165) is 45.5 Å². The van der Waals surface area contributed by atoms with Gasteiger partial charge in [-0.1, -0.05) is 27.7 Å². The SMILES string of the molecule is CCCNC(C1=COCCC1)C(C)(CC)N(CC)CC. The summed E-state index contributed by atoms with van der Waals surface area (Å²) in [7, 11) is 0. The normalized spacial score (nSPS) is 20.2. The average molecular weight is 282 g/mol. The quantitative estimate of drug-likeness (QED) is 0.700. The third-order valence-corrected chi connectivity index (χ3v) is 4.76. The smallest absolute Gasteiger partial charge is 0.0876 e. The summed E-state index contributed by atoms with van der Waals surface area (Å²) in [5, 5.41) is 3.79. The Morgan fingerprint density at radius 3 is 2.45 bits per heavy atom. The molecule has 20 heavy (non-hydrogen) atoms. The first-order valence-electron chi connectivity index (χ1n) is 8.42. The maximum absolute atomic E-state index is 5.61. The van der Waals surface area contributed by atoms with Gasteiger partial charge in [-0.05, 0) is 57.8 Å². The van der Waals surface area contributed by atoms with Gasteiger partial charge in [0.25, 0.3) is 0 Å². The maximum Gasteiger partial charge on any atom is 0.0876 e. The molecule has 0 saturated carbocycles. The molecule has 2 unspecified atom stereocenters. The van der Waals surface area contributed by atoms with Gasteiger partial charge < -0.3 is 10.1 Å².